The molecule has 5 unspecified atom stereocenters. The van der Waals surface area contributed by atoms with Crippen molar-refractivity contribution in [2.24, 2.45) is 17.8 Å². The summed E-state index contributed by atoms with van der Waals surface area (Å²) < 4.78 is 10.5. The predicted octanol–water partition coefficient (Wildman–Crippen LogP) is 3.35. The summed E-state index contributed by atoms with van der Waals surface area (Å²) in [5, 5.41) is 2.24. The molecule has 4 aliphatic rings. The quantitative estimate of drug-likeness (QED) is 0.566. The Hall–Kier alpha value is 0.340. The summed E-state index contributed by atoms with van der Waals surface area (Å²) in [7, 11) is 0. The Kier molecular flexibility index (Phi) is 7.43. The van der Waals surface area contributed by atoms with Crippen LogP contribution in [0.15, 0.2) is 0 Å². The van der Waals surface area contributed by atoms with Gasteiger partial charge >= 0.3 is 11.9 Å². The van der Waals surface area contributed by atoms with Crippen molar-refractivity contribution in [3.05, 3.63) is 0 Å². The van der Waals surface area contributed by atoms with Gasteiger partial charge in [-0.3, -0.25) is 9.59 Å². The van der Waals surface area contributed by atoms with Crippen molar-refractivity contribution >= 4 is 59.0 Å². The maximum absolute atomic E-state index is 11.3. The Bertz CT molecular complexity index is 461. The van der Waals surface area contributed by atoms with E-state index in [0.29, 0.717) is 5.92 Å². The summed E-state index contributed by atoms with van der Waals surface area (Å²) in [6, 6.07) is 0. The molecule has 4 nitrogen and oxygen atoms in total. The average molecular weight is 409 g/mol. The number of carbonyl (C=O) groups excluding carboxylic acids is 2. The number of esters is 2. The van der Waals surface area contributed by atoms with Gasteiger partial charge in [-0.2, -0.15) is 35.3 Å². The molecular formula is C16H24O4S4. The molecule has 0 spiro atoms. The average Bonchev–Trinajstić information content (AvgIpc) is 3.09. The molecule has 0 aromatic rings. The van der Waals surface area contributed by atoms with E-state index < -0.39 is 0 Å². The summed E-state index contributed by atoms with van der Waals surface area (Å²) in [5.41, 5.74) is 0. The second-order valence-corrected chi connectivity index (χ2v) is 11.4. The van der Waals surface area contributed by atoms with Gasteiger partial charge in [0.25, 0.3) is 0 Å². The number of hydrogen-bond donors (Lipinski definition) is 0. The second-order valence-electron chi connectivity index (χ2n) is 6.48. The first kappa shape index (κ1) is 19.1. The number of carbonyl (C=O) groups is 2. The first-order chi connectivity index (χ1) is 11.6. The standard InChI is InChI=1S/2C8H12O2S2/c1-5-6-2-11-4-12-3-7(5)10-8(6)9;9-8-6-3-7(10-8)1-2-11-5-12-4-6/h5-7H,2-4H2,1H3;6-7H,1-5H2. The first-order valence-corrected chi connectivity index (χ1v) is 13.0. The summed E-state index contributed by atoms with van der Waals surface area (Å²) in [6.45, 7) is 2.13. The van der Waals surface area contributed by atoms with Crippen molar-refractivity contribution in [1.29, 1.82) is 0 Å². The van der Waals surface area contributed by atoms with E-state index in [1.54, 1.807) is 0 Å². The van der Waals surface area contributed by atoms with Crippen molar-refractivity contribution in [3.8, 4) is 0 Å². The van der Waals surface area contributed by atoms with Crippen LogP contribution in [0.3, 0.4) is 0 Å². The van der Waals surface area contributed by atoms with Gasteiger partial charge in [-0.25, -0.2) is 0 Å². The number of rotatable bonds is 0. The molecule has 4 fully saturated rings. The van der Waals surface area contributed by atoms with E-state index in [-0.39, 0.29) is 36.0 Å². The minimum absolute atomic E-state index is 0.0301. The molecule has 4 bridgehead atoms. The lowest BCUT2D eigenvalue weighted by molar-refractivity contribution is -0.144. The number of thioether (sulfide) groups is 4. The molecule has 0 amide bonds. The van der Waals surface area contributed by atoms with Crippen LogP contribution < -0.4 is 0 Å². The third-order valence-electron chi connectivity index (χ3n) is 4.77. The zero-order chi connectivity index (χ0) is 16.9. The monoisotopic (exact) mass is 408 g/mol. The molecule has 5 atom stereocenters. The largest absolute Gasteiger partial charge is 0.462 e. The molecular weight excluding hydrogens is 384 g/mol. The van der Waals surface area contributed by atoms with Crippen LogP contribution in [0.1, 0.15) is 19.8 Å². The normalized spacial score (nSPS) is 39.1. The lowest BCUT2D eigenvalue weighted by Crippen LogP contribution is -2.23. The molecule has 4 aliphatic heterocycles. The van der Waals surface area contributed by atoms with Gasteiger partial charge in [0.15, 0.2) is 0 Å². The fourth-order valence-electron chi connectivity index (χ4n) is 3.18. The van der Waals surface area contributed by atoms with Crippen molar-refractivity contribution < 1.29 is 19.1 Å². The van der Waals surface area contributed by atoms with E-state index in [4.69, 9.17) is 9.47 Å². The highest BCUT2D eigenvalue weighted by Crippen LogP contribution is 2.36. The Morgan fingerprint density at radius 3 is 2.54 bits per heavy atom. The maximum atomic E-state index is 11.3. The van der Waals surface area contributed by atoms with E-state index in [9.17, 15) is 9.59 Å². The van der Waals surface area contributed by atoms with Gasteiger partial charge in [-0.1, -0.05) is 6.92 Å². The van der Waals surface area contributed by atoms with Crippen LogP contribution in [-0.4, -0.2) is 57.3 Å². The molecule has 0 N–H and O–H groups in total. The highest BCUT2D eigenvalue weighted by molar-refractivity contribution is 8.16. The first-order valence-electron chi connectivity index (χ1n) is 8.37. The van der Waals surface area contributed by atoms with Gasteiger partial charge < -0.3 is 9.47 Å². The Balaban J connectivity index is 0.000000141. The van der Waals surface area contributed by atoms with Gasteiger partial charge in [0.1, 0.15) is 12.2 Å². The van der Waals surface area contributed by atoms with Crippen LogP contribution >= 0.6 is 47.0 Å². The molecule has 0 radical (unpaired) electrons. The zero-order valence-electron chi connectivity index (χ0n) is 13.8. The van der Waals surface area contributed by atoms with Crippen LogP contribution in [0.25, 0.3) is 0 Å². The van der Waals surface area contributed by atoms with Crippen molar-refractivity contribution in [2.45, 2.75) is 32.0 Å². The summed E-state index contributed by atoms with van der Waals surface area (Å²) in [5.74, 6) is 4.89. The van der Waals surface area contributed by atoms with Crippen LogP contribution in [-0.2, 0) is 19.1 Å². The fraction of sp³-hybridized carbons (Fsp3) is 0.875. The van der Waals surface area contributed by atoms with E-state index in [1.165, 1.54) is 0 Å². The molecule has 0 aromatic carbocycles. The summed E-state index contributed by atoms with van der Waals surface area (Å²) in [4.78, 5) is 22.6. The zero-order valence-corrected chi connectivity index (χ0v) is 17.1. The molecule has 136 valence electrons. The van der Waals surface area contributed by atoms with Gasteiger partial charge in [0.2, 0.25) is 0 Å². The number of ether oxygens (including phenoxy) is 2. The maximum Gasteiger partial charge on any atom is 0.310 e. The summed E-state index contributed by atoms with van der Waals surface area (Å²) >= 11 is 7.56. The third kappa shape index (κ3) is 4.95. The lowest BCUT2D eigenvalue weighted by atomic mass is 9.95. The second kappa shape index (κ2) is 9.33. The highest BCUT2D eigenvalue weighted by atomic mass is 32.2. The number of hydrogen-bond acceptors (Lipinski definition) is 8. The SMILES string of the molecule is CC1C2CSCSCC1C(=O)O2.O=C1OC2CCSCSCC1C2. The fourth-order valence-corrected chi connectivity index (χ4v) is 8.03. The molecule has 0 saturated carbocycles. The smallest absolute Gasteiger partial charge is 0.310 e. The highest BCUT2D eigenvalue weighted by Gasteiger charge is 2.42. The van der Waals surface area contributed by atoms with Crippen molar-refractivity contribution in [2.75, 3.05) is 33.2 Å². The lowest BCUT2D eigenvalue weighted by Gasteiger charge is -2.18. The van der Waals surface area contributed by atoms with E-state index in [1.807, 2.05) is 47.0 Å². The molecule has 0 aliphatic carbocycles. The van der Waals surface area contributed by atoms with Crippen molar-refractivity contribution in [1.82, 2.24) is 0 Å². The molecule has 24 heavy (non-hydrogen) atoms. The summed E-state index contributed by atoms with van der Waals surface area (Å²) in [6.07, 6.45) is 2.43. The minimum atomic E-state index is 0.0301. The van der Waals surface area contributed by atoms with Gasteiger partial charge in [0, 0.05) is 33.3 Å². The predicted molar refractivity (Wildman–Crippen MR) is 105 cm³/mol. The van der Waals surface area contributed by atoms with Crippen LogP contribution in [0.4, 0.5) is 0 Å². The van der Waals surface area contributed by atoms with E-state index >= 15 is 0 Å². The third-order valence-corrected chi connectivity index (χ3v) is 9.76. The number of fused-ring (bicyclic) bond motifs is 4. The molecule has 8 heteroatoms. The van der Waals surface area contributed by atoms with Gasteiger partial charge in [-0.05, 0) is 18.6 Å². The van der Waals surface area contributed by atoms with Gasteiger partial charge in [0.05, 0.1) is 11.8 Å². The van der Waals surface area contributed by atoms with Gasteiger partial charge in [-0.15, -0.1) is 11.8 Å². The van der Waals surface area contributed by atoms with Crippen LogP contribution in [0.2, 0.25) is 0 Å². The molecule has 4 rings (SSSR count). The Labute approximate surface area is 160 Å². The van der Waals surface area contributed by atoms with Crippen LogP contribution in [0, 0.1) is 17.8 Å². The Morgan fingerprint density at radius 1 is 0.917 bits per heavy atom. The molecule has 4 heterocycles. The molecule has 4 saturated heterocycles. The van der Waals surface area contributed by atoms with Crippen LogP contribution in [0.5, 0.6) is 0 Å². The molecule has 0 aromatic heterocycles. The van der Waals surface area contributed by atoms with E-state index in [0.717, 1.165) is 46.0 Å². The Morgan fingerprint density at radius 2 is 1.67 bits per heavy atom. The van der Waals surface area contributed by atoms with E-state index in [2.05, 4.69) is 6.92 Å². The minimum Gasteiger partial charge on any atom is -0.462 e. The topological polar surface area (TPSA) is 52.6 Å². The van der Waals surface area contributed by atoms with Crippen molar-refractivity contribution in [3.63, 3.8) is 0 Å².